The monoisotopic (exact) mass is 334 g/mol. The minimum absolute atomic E-state index is 0.0111. The van der Waals surface area contributed by atoms with E-state index in [1.165, 1.54) is 18.2 Å². The lowest BCUT2D eigenvalue weighted by atomic mass is 10.2. The van der Waals surface area contributed by atoms with Gasteiger partial charge in [-0.25, -0.2) is 9.18 Å². The van der Waals surface area contributed by atoms with E-state index >= 15 is 0 Å². The molecule has 0 amide bonds. The molecule has 0 aromatic heterocycles. The Balaban J connectivity index is 2.17. The van der Waals surface area contributed by atoms with E-state index < -0.39 is 5.97 Å². The van der Waals surface area contributed by atoms with Gasteiger partial charge in [0.1, 0.15) is 30.0 Å². The fourth-order valence-corrected chi connectivity index (χ4v) is 2.12. The molecule has 1 atom stereocenters. The van der Waals surface area contributed by atoms with Gasteiger partial charge in [0.2, 0.25) is 0 Å². The second-order valence-corrected chi connectivity index (χ2v) is 5.26. The maximum Gasteiger partial charge on any atom is 0.335 e. The molecule has 2 aromatic carbocycles. The van der Waals surface area contributed by atoms with E-state index in [9.17, 15) is 14.3 Å². The first-order valence-corrected chi connectivity index (χ1v) is 7.39. The number of aromatic carboxylic acids is 1. The number of rotatable bonds is 8. The first-order chi connectivity index (χ1) is 11.5. The fraction of sp³-hybridized carbons (Fsp3) is 0.278. The molecule has 128 valence electrons. The van der Waals surface area contributed by atoms with Crippen molar-refractivity contribution in [1.29, 1.82) is 0 Å². The number of benzene rings is 2. The number of ether oxygens (including phenoxy) is 3. The summed E-state index contributed by atoms with van der Waals surface area (Å²) in [5.41, 5.74) is 0.411. The molecule has 0 aliphatic rings. The molecule has 24 heavy (non-hydrogen) atoms. The molecule has 0 radical (unpaired) electrons. The van der Waals surface area contributed by atoms with E-state index in [0.717, 1.165) is 0 Å². The Morgan fingerprint density at radius 2 is 1.92 bits per heavy atom. The van der Waals surface area contributed by atoms with Crippen molar-refractivity contribution >= 4 is 5.97 Å². The van der Waals surface area contributed by atoms with Crippen LogP contribution in [-0.4, -0.2) is 30.9 Å². The van der Waals surface area contributed by atoms with Crippen LogP contribution in [0.2, 0.25) is 0 Å². The lowest BCUT2D eigenvalue weighted by Crippen LogP contribution is -2.18. The Bertz CT molecular complexity index is 702. The molecule has 0 saturated heterocycles. The summed E-state index contributed by atoms with van der Waals surface area (Å²) >= 11 is 0. The molecule has 5 nitrogen and oxygen atoms in total. The molecule has 2 aromatic rings. The highest BCUT2D eigenvalue weighted by Gasteiger charge is 2.12. The third kappa shape index (κ3) is 4.96. The molecule has 2 rings (SSSR count). The summed E-state index contributed by atoms with van der Waals surface area (Å²) < 4.78 is 29.8. The number of halogens is 1. The van der Waals surface area contributed by atoms with Crippen LogP contribution in [0.5, 0.6) is 11.5 Å². The zero-order valence-corrected chi connectivity index (χ0v) is 13.5. The Kier molecular flexibility index (Phi) is 6.14. The molecule has 6 heteroatoms. The van der Waals surface area contributed by atoms with Crippen molar-refractivity contribution in [3.63, 3.8) is 0 Å². The Labute approximate surface area is 139 Å². The van der Waals surface area contributed by atoms with E-state index in [2.05, 4.69) is 0 Å². The second kappa shape index (κ2) is 8.31. The average molecular weight is 334 g/mol. The van der Waals surface area contributed by atoms with Crippen LogP contribution in [0.15, 0.2) is 42.5 Å². The SMILES string of the molecule is COC[C@H](C)Oc1cc(OCc2ccccc2F)cc(C(=O)O)c1. The summed E-state index contributed by atoms with van der Waals surface area (Å²) in [6, 6.07) is 10.6. The molecule has 1 N–H and O–H groups in total. The van der Waals surface area contributed by atoms with Crippen molar-refractivity contribution in [2.45, 2.75) is 19.6 Å². The Morgan fingerprint density at radius 3 is 2.58 bits per heavy atom. The van der Waals surface area contributed by atoms with Crippen molar-refractivity contribution < 1.29 is 28.5 Å². The highest BCUT2D eigenvalue weighted by atomic mass is 19.1. The van der Waals surface area contributed by atoms with Crippen LogP contribution in [0.3, 0.4) is 0 Å². The van der Waals surface area contributed by atoms with Crippen molar-refractivity contribution in [3.8, 4) is 11.5 Å². The minimum atomic E-state index is -1.10. The summed E-state index contributed by atoms with van der Waals surface area (Å²) in [5.74, 6) is -0.839. The standard InChI is InChI=1S/C18H19FO5/c1-12(10-22-2)24-16-8-14(18(20)21)7-15(9-16)23-11-13-5-3-4-6-17(13)19/h3-9,12H,10-11H2,1-2H3,(H,20,21)/t12-/m0/s1. The van der Waals surface area contributed by atoms with Crippen LogP contribution >= 0.6 is 0 Å². The van der Waals surface area contributed by atoms with Gasteiger partial charge in [0.25, 0.3) is 0 Å². The van der Waals surface area contributed by atoms with Crippen LogP contribution in [-0.2, 0) is 11.3 Å². The third-order valence-corrected chi connectivity index (χ3v) is 3.22. The van der Waals surface area contributed by atoms with E-state index in [0.29, 0.717) is 17.9 Å². The van der Waals surface area contributed by atoms with Gasteiger partial charge >= 0.3 is 5.97 Å². The van der Waals surface area contributed by atoms with Crippen molar-refractivity contribution in [1.82, 2.24) is 0 Å². The first kappa shape index (κ1) is 17.7. The number of carboxylic acid groups (broad SMARTS) is 1. The Morgan fingerprint density at radius 1 is 1.21 bits per heavy atom. The maximum atomic E-state index is 13.6. The van der Waals surface area contributed by atoms with Crippen LogP contribution in [0.4, 0.5) is 4.39 Å². The summed E-state index contributed by atoms with van der Waals surface area (Å²) in [6.45, 7) is 2.16. The van der Waals surface area contributed by atoms with Gasteiger partial charge in [0.15, 0.2) is 0 Å². The average Bonchev–Trinajstić information content (AvgIpc) is 2.54. The molecular formula is C18H19FO5. The van der Waals surface area contributed by atoms with E-state index in [4.69, 9.17) is 14.2 Å². The van der Waals surface area contributed by atoms with Crippen LogP contribution in [0.25, 0.3) is 0 Å². The molecule has 0 heterocycles. The predicted octanol–water partition coefficient (Wildman–Crippen LogP) is 3.52. The number of carbonyl (C=O) groups is 1. The van der Waals surface area contributed by atoms with Crippen molar-refractivity contribution in [3.05, 3.63) is 59.4 Å². The molecule has 0 saturated carbocycles. The zero-order chi connectivity index (χ0) is 17.5. The van der Waals surface area contributed by atoms with Crippen LogP contribution < -0.4 is 9.47 Å². The highest BCUT2D eigenvalue weighted by Crippen LogP contribution is 2.25. The summed E-state index contributed by atoms with van der Waals surface area (Å²) in [4.78, 5) is 11.2. The lowest BCUT2D eigenvalue weighted by molar-refractivity contribution is 0.0693. The molecule has 0 spiro atoms. The van der Waals surface area contributed by atoms with Gasteiger partial charge in [-0.1, -0.05) is 18.2 Å². The van der Waals surface area contributed by atoms with Gasteiger partial charge in [-0.15, -0.1) is 0 Å². The third-order valence-electron chi connectivity index (χ3n) is 3.22. The van der Waals surface area contributed by atoms with Gasteiger partial charge in [0.05, 0.1) is 12.2 Å². The molecule has 0 bridgehead atoms. The van der Waals surface area contributed by atoms with Gasteiger partial charge in [-0.2, -0.15) is 0 Å². The topological polar surface area (TPSA) is 65.0 Å². The number of hydrogen-bond acceptors (Lipinski definition) is 4. The van der Waals surface area contributed by atoms with Gasteiger partial charge in [-0.05, 0) is 25.1 Å². The van der Waals surface area contributed by atoms with Crippen molar-refractivity contribution in [2.75, 3.05) is 13.7 Å². The molecule has 0 aliphatic carbocycles. The van der Waals surface area contributed by atoms with Crippen molar-refractivity contribution in [2.24, 2.45) is 0 Å². The molecule has 0 fully saturated rings. The van der Waals surface area contributed by atoms with E-state index in [1.54, 1.807) is 38.3 Å². The van der Waals surface area contributed by atoms with E-state index in [1.807, 2.05) is 0 Å². The lowest BCUT2D eigenvalue weighted by Gasteiger charge is -2.15. The van der Waals surface area contributed by atoms with Crippen LogP contribution in [0.1, 0.15) is 22.8 Å². The van der Waals surface area contributed by atoms with E-state index in [-0.39, 0.29) is 29.8 Å². The summed E-state index contributed by atoms with van der Waals surface area (Å²) in [6.07, 6.45) is -0.251. The normalized spacial score (nSPS) is 11.8. The number of carboxylic acids is 1. The van der Waals surface area contributed by atoms with Gasteiger partial charge in [-0.3, -0.25) is 0 Å². The first-order valence-electron chi connectivity index (χ1n) is 7.39. The largest absolute Gasteiger partial charge is 0.489 e. The molecule has 0 aliphatic heterocycles. The minimum Gasteiger partial charge on any atom is -0.489 e. The predicted molar refractivity (Wildman–Crippen MR) is 86.1 cm³/mol. The number of hydrogen-bond donors (Lipinski definition) is 1. The zero-order valence-electron chi connectivity index (χ0n) is 13.5. The summed E-state index contributed by atoms with van der Waals surface area (Å²) in [5, 5.41) is 9.20. The van der Waals surface area contributed by atoms with Gasteiger partial charge < -0.3 is 19.3 Å². The van der Waals surface area contributed by atoms with Gasteiger partial charge in [0, 0.05) is 18.7 Å². The highest BCUT2D eigenvalue weighted by molar-refractivity contribution is 5.88. The van der Waals surface area contributed by atoms with Crippen LogP contribution in [0, 0.1) is 5.82 Å². The summed E-state index contributed by atoms with van der Waals surface area (Å²) in [7, 11) is 1.55. The Hall–Kier alpha value is -2.60. The quantitative estimate of drug-likeness (QED) is 0.800. The fourth-order valence-electron chi connectivity index (χ4n) is 2.12. The molecular weight excluding hydrogens is 315 g/mol. The molecule has 0 unspecified atom stereocenters. The second-order valence-electron chi connectivity index (χ2n) is 5.26. The maximum absolute atomic E-state index is 13.6. The number of methoxy groups -OCH3 is 1. The smallest absolute Gasteiger partial charge is 0.335 e.